The number of nitrogens with zero attached hydrogens (tertiary/aromatic N) is 1. The SMILES string of the molecule is CCNC(=O)c1ccc(C)c(NC(=O)N(C)C(C)c2ccccc2Cl)c1. The molecule has 3 amide bonds. The molecule has 0 heterocycles. The van der Waals surface area contributed by atoms with Crippen molar-refractivity contribution in [2.75, 3.05) is 18.9 Å². The van der Waals surface area contributed by atoms with Crippen molar-refractivity contribution in [2.45, 2.75) is 26.8 Å². The predicted octanol–water partition coefficient (Wildman–Crippen LogP) is 4.62. The Kier molecular flexibility index (Phi) is 6.64. The number of halogens is 1. The normalized spacial score (nSPS) is 11.6. The zero-order valence-electron chi connectivity index (χ0n) is 15.5. The monoisotopic (exact) mass is 373 g/mol. The zero-order valence-corrected chi connectivity index (χ0v) is 16.2. The van der Waals surface area contributed by atoms with Crippen molar-refractivity contribution in [1.29, 1.82) is 0 Å². The van der Waals surface area contributed by atoms with Crippen LogP contribution in [0.3, 0.4) is 0 Å². The van der Waals surface area contributed by atoms with Crippen molar-refractivity contribution >= 4 is 29.2 Å². The van der Waals surface area contributed by atoms with Crippen LogP contribution in [0.4, 0.5) is 10.5 Å². The highest BCUT2D eigenvalue weighted by Crippen LogP contribution is 2.27. The van der Waals surface area contributed by atoms with Crippen LogP contribution in [-0.4, -0.2) is 30.4 Å². The minimum Gasteiger partial charge on any atom is -0.352 e. The molecule has 0 aliphatic rings. The second-order valence-corrected chi connectivity index (χ2v) is 6.53. The summed E-state index contributed by atoms with van der Waals surface area (Å²) in [6.07, 6.45) is 0. The Bertz CT molecular complexity index is 807. The first-order chi connectivity index (χ1) is 12.3. The predicted molar refractivity (Wildman–Crippen MR) is 106 cm³/mol. The van der Waals surface area contributed by atoms with Crippen molar-refractivity contribution in [3.05, 3.63) is 64.2 Å². The molecule has 1 atom stereocenters. The van der Waals surface area contributed by atoms with Gasteiger partial charge in [-0.1, -0.05) is 35.9 Å². The molecule has 6 heteroatoms. The van der Waals surface area contributed by atoms with Gasteiger partial charge >= 0.3 is 6.03 Å². The second kappa shape index (κ2) is 8.72. The van der Waals surface area contributed by atoms with Gasteiger partial charge in [-0.05, 0) is 50.1 Å². The number of hydrogen-bond donors (Lipinski definition) is 2. The third kappa shape index (κ3) is 4.55. The highest BCUT2D eigenvalue weighted by molar-refractivity contribution is 6.31. The van der Waals surface area contributed by atoms with Gasteiger partial charge in [-0.15, -0.1) is 0 Å². The van der Waals surface area contributed by atoms with Gasteiger partial charge in [0.1, 0.15) is 0 Å². The van der Waals surface area contributed by atoms with Crippen molar-refractivity contribution < 1.29 is 9.59 Å². The molecule has 0 spiro atoms. The van der Waals surface area contributed by atoms with E-state index in [0.29, 0.717) is 22.8 Å². The Balaban J connectivity index is 2.17. The van der Waals surface area contributed by atoms with E-state index in [1.807, 2.05) is 45.0 Å². The number of nitrogens with one attached hydrogen (secondary N) is 2. The molecule has 2 aromatic carbocycles. The molecule has 0 bridgehead atoms. The molecule has 26 heavy (non-hydrogen) atoms. The van der Waals surface area contributed by atoms with E-state index in [-0.39, 0.29) is 18.0 Å². The topological polar surface area (TPSA) is 61.4 Å². The summed E-state index contributed by atoms with van der Waals surface area (Å²) in [6, 6.07) is 12.2. The highest BCUT2D eigenvalue weighted by Gasteiger charge is 2.20. The fourth-order valence-electron chi connectivity index (χ4n) is 2.56. The smallest absolute Gasteiger partial charge is 0.322 e. The van der Waals surface area contributed by atoms with E-state index in [1.165, 1.54) is 0 Å². The molecule has 0 aliphatic carbocycles. The molecule has 2 aromatic rings. The quantitative estimate of drug-likeness (QED) is 0.803. The van der Waals surface area contributed by atoms with Crippen molar-refractivity contribution in [3.8, 4) is 0 Å². The molecular weight excluding hydrogens is 350 g/mol. The van der Waals surface area contributed by atoms with Crippen LogP contribution >= 0.6 is 11.6 Å². The summed E-state index contributed by atoms with van der Waals surface area (Å²) in [5.74, 6) is -0.166. The van der Waals surface area contributed by atoms with Crippen LogP contribution in [0, 0.1) is 6.92 Å². The lowest BCUT2D eigenvalue weighted by Crippen LogP contribution is -2.34. The van der Waals surface area contributed by atoms with Crippen LogP contribution < -0.4 is 10.6 Å². The van der Waals surface area contributed by atoms with Crippen molar-refractivity contribution in [1.82, 2.24) is 10.2 Å². The summed E-state index contributed by atoms with van der Waals surface area (Å²) in [5, 5.41) is 6.25. The Morgan fingerprint density at radius 3 is 2.54 bits per heavy atom. The van der Waals surface area contributed by atoms with E-state index in [0.717, 1.165) is 11.1 Å². The van der Waals surface area contributed by atoms with Gasteiger partial charge in [0.05, 0.1) is 6.04 Å². The molecule has 138 valence electrons. The van der Waals surface area contributed by atoms with Crippen molar-refractivity contribution in [3.63, 3.8) is 0 Å². The van der Waals surface area contributed by atoms with E-state index in [4.69, 9.17) is 11.6 Å². The largest absolute Gasteiger partial charge is 0.352 e. The molecule has 5 nitrogen and oxygen atoms in total. The summed E-state index contributed by atoms with van der Waals surface area (Å²) in [4.78, 5) is 26.3. The zero-order chi connectivity index (χ0) is 19.3. The third-order valence-electron chi connectivity index (χ3n) is 4.34. The van der Waals surface area contributed by atoms with Crippen LogP contribution in [0.2, 0.25) is 5.02 Å². The van der Waals surface area contributed by atoms with Crippen LogP contribution in [-0.2, 0) is 0 Å². The number of carbonyl (C=O) groups excluding carboxylic acids is 2. The number of rotatable bonds is 5. The van der Waals surface area contributed by atoms with Crippen LogP contribution in [0.1, 0.15) is 41.4 Å². The molecular formula is C20H24ClN3O2. The van der Waals surface area contributed by atoms with Gasteiger partial charge in [0.25, 0.3) is 5.91 Å². The minimum atomic E-state index is -0.270. The Morgan fingerprint density at radius 2 is 1.88 bits per heavy atom. The van der Waals surface area contributed by atoms with E-state index in [1.54, 1.807) is 30.1 Å². The van der Waals surface area contributed by atoms with Gasteiger partial charge < -0.3 is 15.5 Å². The lowest BCUT2D eigenvalue weighted by molar-refractivity contribution is 0.0956. The third-order valence-corrected chi connectivity index (χ3v) is 4.68. The molecule has 0 saturated heterocycles. The van der Waals surface area contributed by atoms with Crippen LogP contribution in [0.25, 0.3) is 0 Å². The number of carbonyl (C=O) groups is 2. The van der Waals surface area contributed by atoms with Crippen molar-refractivity contribution in [2.24, 2.45) is 0 Å². The van der Waals surface area contributed by atoms with Gasteiger partial charge in [-0.2, -0.15) is 0 Å². The van der Waals surface area contributed by atoms with Gasteiger partial charge in [0.2, 0.25) is 0 Å². The molecule has 2 N–H and O–H groups in total. The molecule has 1 unspecified atom stereocenters. The maximum absolute atomic E-state index is 12.7. The lowest BCUT2D eigenvalue weighted by atomic mass is 10.1. The molecule has 0 saturated carbocycles. The Labute approximate surface area is 159 Å². The molecule has 0 fully saturated rings. The van der Waals surface area contributed by atoms with Crippen LogP contribution in [0.5, 0.6) is 0 Å². The maximum Gasteiger partial charge on any atom is 0.322 e. The summed E-state index contributed by atoms with van der Waals surface area (Å²) >= 11 is 6.24. The number of anilines is 1. The minimum absolute atomic E-state index is 0.166. The van der Waals surface area contributed by atoms with E-state index >= 15 is 0 Å². The first-order valence-electron chi connectivity index (χ1n) is 8.52. The van der Waals surface area contributed by atoms with E-state index in [2.05, 4.69) is 10.6 Å². The second-order valence-electron chi connectivity index (χ2n) is 6.13. The molecule has 0 radical (unpaired) electrons. The number of hydrogen-bond acceptors (Lipinski definition) is 2. The van der Waals surface area contributed by atoms with Gasteiger partial charge in [-0.3, -0.25) is 4.79 Å². The average molecular weight is 374 g/mol. The Morgan fingerprint density at radius 1 is 1.19 bits per heavy atom. The average Bonchev–Trinajstić information content (AvgIpc) is 2.62. The number of amides is 3. The van der Waals surface area contributed by atoms with E-state index in [9.17, 15) is 9.59 Å². The van der Waals surface area contributed by atoms with Gasteiger partial charge in [0, 0.05) is 29.9 Å². The standard InChI is InChI=1S/C20H24ClN3O2/c1-5-22-19(25)15-11-10-13(2)18(12-15)23-20(26)24(4)14(3)16-8-6-7-9-17(16)21/h6-12,14H,5H2,1-4H3,(H,22,25)(H,23,26). The van der Waals surface area contributed by atoms with E-state index < -0.39 is 0 Å². The first-order valence-corrected chi connectivity index (χ1v) is 8.90. The fraction of sp³-hybridized carbons (Fsp3) is 0.300. The first kappa shape index (κ1) is 19.8. The fourth-order valence-corrected chi connectivity index (χ4v) is 2.86. The van der Waals surface area contributed by atoms with Gasteiger partial charge in [-0.25, -0.2) is 4.79 Å². The maximum atomic E-state index is 12.7. The highest BCUT2D eigenvalue weighted by atomic mass is 35.5. The molecule has 0 aromatic heterocycles. The molecule has 0 aliphatic heterocycles. The number of aryl methyl sites for hydroxylation is 1. The van der Waals surface area contributed by atoms with Crippen LogP contribution in [0.15, 0.2) is 42.5 Å². The Hall–Kier alpha value is -2.53. The summed E-state index contributed by atoms with van der Waals surface area (Å²) in [5.41, 5.74) is 2.87. The summed E-state index contributed by atoms with van der Waals surface area (Å²) in [7, 11) is 1.71. The summed E-state index contributed by atoms with van der Waals surface area (Å²) in [6.45, 7) is 6.21. The van der Waals surface area contributed by atoms with Gasteiger partial charge in [0.15, 0.2) is 0 Å². The lowest BCUT2D eigenvalue weighted by Gasteiger charge is -2.26. The molecule has 2 rings (SSSR count). The number of benzene rings is 2. The summed E-state index contributed by atoms with van der Waals surface area (Å²) < 4.78 is 0. The number of urea groups is 1.